The van der Waals surface area contributed by atoms with Gasteiger partial charge in [-0.1, -0.05) is 6.92 Å². The third-order valence-electron chi connectivity index (χ3n) is 2.60. The first-order chi connectivity index (χ1) is 7.67. The molecular formula is C10H15N5S. The van der Waals surface area contributed by atoms with Crippen molar-refractivity contribution in [1.82, 2.24) is 24.5 Å². The van der Waals surface area contributed by atoms with Gasteiger partial charge in [0.2, 0.25) is 0 Å². The normalized spacial score (nSPS) is 10.9. The first-order valence-corrected chi connectivity index (χ1v) is 5.76. The Hall–Kier alpha value is -1.43. The summed E-state index contributed by atoms with van der Waals surface area (Å²) in [4.78, 5) is 0. The molecule has 0 aromatic carbocycles. The van der Waals surface area contributed by atoms with E-state index in [-0.39, 0.29) is 0 Å². The highest BCUT2D eigenvalue weighted by molar-refractivity contribution is 7.71. The molecule has 0 saturated carbocycles. The Labute approximate surface area is 99.1 Å². The molecule has 0 fully saturated rings. The topological polar surface area (TPSA) is 51.4 Å². The van der Waals surface area contributed by atoms with Crippen LogP contribution < -0.4 is 0 Å². The second kappa shape index (κ2) is 4.21. The second-order valence-electron chi connectivity index (χ2n) is 3.59. The molecule has 6 heteroatoms. The molecule has 0 spiro atoms. The summed E-state index contributed by atoms with van der Waals surface area (Å²) in [5.41, 5.74) is 2.06. The summed E-state index contributed by atoms with van der Waals surface area (Å²) in [6.45, 7) is 4.94. The Morgan fingerprint density at radius 1 is 1.44 bits per heavy atom. The van der Waals surface area contributed by atoms with Gasteiger partial charge in [-0.05, 0) is 31.6 Å². The summed E-state index contributed by atoms with van der Waals surface area (Å²) in [7, 11) is 1.92. The van der Waals surface area contributed by atoms with E-state index >= 15 is 0 Å². The maximum absolute atomic E-state index is 5.17. The fraction of sp³-hybridized carbons (Fsp3) is 0.500. The minimum atomic E-state index is 0.650. The van der Waals surface area contributed by atoms with E-state index in [9.17, 15) is 0 Å². The van der Waals surface area contributed by atoms with Crippen molar-refractivity contribution in [3.63, 3.8) is 0 Å². The molecule has 0 saturated heterocycles. The lowest BCUT2D eigenvalue weighted by Crippen LogP contribution is -2.02. The number of nitrogens with zero attached hydrogens (tertiary/aromatic N) is 4. The van der Waals surface area contributed by atoms with Gasteiger partial charge < -0.3 is 0 Å². The first-order valence-electron chi connectivity index (χ1n) is 5.35. The molecule has 0 radical (unpaired) electrons. The molecule has 0 aliphatic heterocycles. The van der Waals surface area contributed by atoms with Crippen molar-refractivity contribution in [2.75, 3.05) is 0 Å². The van der Waals surface area contributed by atoms with Crippen LogP contribution in [0.1, 0.15) is 19.5 Å². The smallest absolute Gasteiger partial charge is 0.195 e. The molecule has 2 heterocycles. The fourth-order valence-electron chi connectivity index (χ4n) is 1.72. The minimum absolute atomic E-state index is 0.650. The number of hydrogen-bond acceptors (Lipinski definition) is 3. The molecule has 86 valence electrons. The zero-order chi connectivity index (χ0) is 11.7. The molecule has 0 aliphatic carbocycles. The molecule has 2 aromatic heterocycles. The molecular weight excluding hydrogens is 222 g/mol. The fourth-order valence-corrected chi connectivity index (χ4v) is 1.98. The van der Waals surface area contributed by atoms with Crippen molar-refractivity contribution in [2.24, 2.45) is 7.05 Å². The average molecular weight is 237 g/mol. The predicted octanol–water partition coefficient (Wildman–Crippen LogP) is 1.92. The highest BCUT2D eigenvalue weighted by Crippen LogP contribution is 2.18. The second-order valence-corrected chi connectivity index (χ2v) is 3.98. The number of H-pyrrole nitrogens is 1. The molecule has 1 N–H and O–H groups in total. The molecule has 0 atom stereocenters. The lowest BCUT2D eigenvalue weighted by molar-refractivity contribution is 0.719. The van der Waals surface area contributed by atoms with Crippen molar-refractivity contribution in [2.45, 2.75) is 26.8 Å². The molecule has 0 unspecified atom stereocenters. The maximum Gasteiger partial charge on any atom is 0.195 e. The lowest BCUT2D eigenvalue weighted by atomic mass is 10.3. The number of rotatable bonds is 3. The number of hydrogen-bond donors (Lipinski definition) is 1. The van der Waals surface area contributed by atoms with Gasteiger partial charge in [0, 0.05) is 13.6 Å². The molecule has 0 amide bonds. The molecule has 0 aliphatic rings. The van der Waals surface area contributed by atoms with Gasteiger partial charge in [-0.15, -0.1) is 0 Å². The van der Waals surface area contributed by atoms with Crippen LogP contribution in [0.4, 0.5) is 0 Å². The number of nitrogens with one attached hydrogen (secondary N) is 1. The number of aryl methyl sites for hydroxylation is 2. The van der Waals surface area contributed by atoms with Gasteiger partial charge in [0.25, 0.3) is 0 Å². The monoisotopic (exact) mass is 237 g/mol. The highest BCUT2D eigenvalue weighted by Gasteiger charge is 2.12. The van der Waals surface area contributed by atoms with Crippen LogP contribution in [0.15, 0.2) is 6.07 Å². The molecule has 2 aromatic rings. The third kappa shape index (κ3) is 1.69. The van der Waals surface area contributed by atoms with Crippen molar-refractivity contribution in [3.8, 4) is 11.5 Å². The summed E-state index contributed by atoms with van der Waals surface area (Å²) in [6.07, 6.45) is 0.922. The van der Waals surface area contributed by atoms with E-state index in [0.717, 1.165) is 30.2 Å². The Bertz CT molecular complexity index is 548. The Balaban J connectivity index is 2.57. The summed E-state index contributed by atoms with van der Waals surface area (Å²) in [5.74, 6) is 0.849. The van der Waals surface area contributed by atoms with Crippen LogP contribution >= 0.6 is 12.2 Å². The van der Waals surface area contributed by atoms with Crippen molar-refractivity contribution in [3.05, 3.63) is 16.5 Å². The number of aromatic nitrogens is 5. The summed E-state index contributed by atoms with van der Waals surface area (Å²) in [6, 6.07) is 2.05. The van der Waals surface area contributed by atoms with E-state index in [0.29, 0.717) is 4.77 Å². The van der Waals surface area contributed by atoms with E-state index in [1.54, 1.807) is 0 Å². The summed E-state index contributed by atoms with van der Waals surface area (Å²) < 4.78 is 4.46. The zero-order valence-electron chi connectivity index (χ0n) is 9.69. The minimum Gasteiger partial charge on any atom is -0.299 e. The van der Waals surface area contributed by atoms with Gasteiger partial charge in [-0.25, -0.2) is 0 Å². The molecule has 2 rings (SSSR count). The molecule has 16 heavy (non-hydrogen) atoms. The van der Waals surface area contributed by atoms with Gasteiger partial charge in [0.05, 0.1) is 5.69 Å². The first kappa shape index (κ1) is 11.1. The van der Waals surface area contributed by atoms with Crippen LogP contribution in [0.2, 0.25) is 0 Å². The predicted molar refractivity (Wildman–Crippen MR) is 64.7 cm³/mol. The third-order valence-corrected chi connectivity index (χ3v) is 2.91. The van der Waals surface area contributed by atoms with Crippen LogP contribution in [0, 0.1) is 4.77 Å². The van der Waals surface area contributed by atoms with Gasteiger partial charge in [0.15, 0.2) is 10.6 Å². The van der Waals surface area contributed by atoms with E-state index in [1.807, 2.05) is 23.2 Å². The molecule has 0 bridgehead atoms. The van der Waals surface area contributed by atoms with Gasteiger partial charge in [0.1, 0.15) is 5.69 Å². The summed E-state index contributed by atoms with van der Waals surface area (Å²) in [5, 5.41) is 11.5. The van der Waals surface area contributed by atoms with Gasteiger partial charge >= 0.3 is 0 Å². The van der Waals surface area contributed by atoms with Crippen LogP contribution in [0.5, 0.6) is 0 Å². The quantitative estimate of drug-likeness (QED) is 0.830. The SMILES string of the molecule is CCc1cc(-c2n[nH]c(=S)n2CC)n(C)n1. The van der Waals surface area contributed by atoms with E-state index in [2.05, 4.69) is 28.3 Å². The van der Waals surface area contributed by atoms with Crippen molar-refractivity contribution >= 4 is 12.2 Å². The van der Waals surface area contributed by atoms with Gasteiger partial charge in [-0.3, -0.25) is 14.3 Å². The summed E-state index contributed by atoms with van der Waals surface area (Å²) >= 11 is 5.17. The largest absolute Gasteiger partial charge is 0.299 e. The van der Waals surface area contributed by atoms with Crippen molar-refractivity contribution < 1.29 is 0 Å². The Morgan fingerprint density at radius 3 is 2.75 bits per heavy atom. The van der Waals surface area contributed by atoms with E-state index < -0.39 is 0 Å². The van der Waals surface area contributed by atoms with Crippen LogP contribution in [-0.2, 0) is 20.0 Å². The van der Waals surface area contributed by atoms with Crippen LogP contribution in [0.3, 0.4) is 0 Å². The Kier molecular flexibility index (Phi) is 2.91. The van der Waals surface area contributed by atoms with Crippen molar-refractivity contribution in [1.29, 1.82) is 0 Å². The standard InChI is InChI=1S/C10H15N5S/c1-4-7-6-8(14(3)13-7)9-11-12-10(16)15(9)5-2/h6H,4-5H2,1-3H3,(H,12,16). The van der Waals surface area contributed by atoms with Gasteiger partial charge in [-0.2, -0.15) is 10.2 Å². The lowest BCUT2D eigenvalue weighted by Gasteiger charge is -2.02. The Morgan fingerprint density at radius 2 is 2.19 bits per heavy atom. The van der Waals surface area contributed by atoms with E-state index in [1.165, 1.54) is 0 Å². The maximum atomic E-state index is 5.17. The number of aromatic amines is 1. The molecule has 5 nitrogen and oxygen atoms in total. The van der Waals surface area contributed by atoms with Crippen LogP contribution in [-0.4, -0.2) is 24.5 Å². The highest BCUT2D eigenvalue weighted by atomic mass is 32.1. The zero-order valence-corrected chi connectivity index (χ0v) is 10.5. The van der Waals surface area contributed by atoms with Crippen LogP contribution in [0.25, 0.3) is 11.5 Å². The van der Waals surface area contributed by atoms with E-state index in [4.69, 9.17) is 12.2 Å². The average Bonchev–Trinajstić information content (AvgIpc) is 2.81.